The van der Waals surface area contributed by atoms with Crippen LogP contribution in [0.1, 0.15) is 92.5 Å². The van der Waals surface area contributed by atoms with Crippen molar-refractivity contribution >= 4 is 50.1 Å². The fourth-order valence-corrected chi connectivity index (χ4v) is 14.1. The number of aromatic nitrogens is 6. The number of aliphatic hydroxyl groups excluding tert-OH is 1. The summed E-state index contributed by atoms with van der Waals surface area (Å²) in [5.74, 6) is 0.830. The van der Waals surface area contributed by atoms with E-state index in [2.05, 4.69) is 52.4 Å². The molecular weight excluding hydrogens is 751 g/mol. The summed E-state index contributed by atoms with van der Waals surface area (Å²) < 4.78 is 10.2. The molecule has 1 spiro atoms. The second-order valence-corrected chi connectivity index (χ2v) is 19.5. The number of para-hydroxylation sites is 1. The largest absolute Gasteiger partial charge is 0.476 e. The molecule has 5 heterocycles. The normalized spacial score (nSPS) is 28.9. The van der Waals surface area contributed by atoms with Crippen LogP contribution in [0.3, 0.4) is 0 Å². The first-order valence-electron chi connectivity index (χ1n) is 20.9. The summed E-state index contributed by atoms with van der Waals surface area (Å²) in [4.78, 5) is 24.4. The van der Waals surface area contributed by atoms with Crippen LogP contribution in [-0.4, -0.2) is 84.6 Å². The summed E-state index contributed by atoms with van der Waals surface area (Å²) in [6.45, 7) is 13.2. The highest BCUT2D eigenvalue weighted by Gasteiger charge is 2.93. The maximum Gasteiger partial charge on any atom is 0.355 e. The summed E-state index contributed by atoms with van der Waals surface area (Å²) in [7, 11) is 0. The van der Waals surface area contributed by atoms with Crippen LogP contribution >= 0.6 is 11.3 Å². The molecule has 4 aliphatic carbocycles. The number of pyridine rings is 1. The standard InChI is InChI=1S/C44H53N9O4S/c1-27-29-10-9-17-52(37(29)51-50-36(27)49-39-47-32-11-5-6-12-33(32)58-39)34-14-13-30(35(48-34)38(55)56)31-20-46-53(28(31)2)26-42-22-40(3)21-41(4)23-43(24-42,44(40,41)25-42)57-19-16-45-15-7-8-18-54/h5-6,11-14,20,45,54H,7-10,15-19,21-26H2,1-4H3,(H,55,56)(H,47,49,50). The van der Waals surface area contributed by atoms with Crippen LogP contribution in [0.15, 0.2) is 42.6 Å². The first-order chi connectivity index (χ1) is 27.9. The Morgan fingerprint density at radius 1 is 0.966 bits per heavy atom. The smallest absolute Gasteiger partial charge is 0.355 e. The first-order valence-corrected chi connectivity index (χ1v) is 21.7. The molecule has 0 saturated heterocycles. The van der Waals surface area contributed by atoms with Gasteiger partial charge in [0.15, 0.2) is 22.5 Å². The van der Waals surface area contributed by atoms with Crippen molar-refractivity contribution in [2.75, 3.05) is 43.1 Å². The van der Waals surface area contributed by atoms with Gasteiger partial charge in [-0.25, -0.2) is 14.8 Å². The van der Waals surface area contributed by atoms with Crippen LogP contribution in [-0.2, 0) is 17.7 Å². The van der Waals surface area contributed by atoms with Crippen molar-refractivity contribution in [1.82, 2.24) is 35.3 Å². The molecule has 4 fully saturated rings. The van der Waals surface area contributed by atoms with E-state index in [4.69, 9.17) is 24.9 Å². The number of carboxylic acids is 1. The molecular formula is C44H53N9O4S. The number of hydrogen-bond acceptors (Lipinski definition) is 12. The highest BCUT2D eigenvalue weighted by Crippen LogP contribution is 2.95. The Balaban J connectivity index is 0.886. The van der Waals surface area contributed by atoms with Gasteiger partial charge in [-0.2, -0.15) is 5.10 Å². The Kier molecular flexibility index (Phi) is 8.80. The van der Waals surface area contributed by atoms with Crippen molar-refractivity contribution in [3.05, 3.63) is 65.1 Å². The lowest BCUT2D eigenvalue weighted by Crippen LogP contribution is -2.81. The topological polar surface area (TPSA) is 163 Å². The molecule has 58 heavy (non-hydrogen) atoms. The Morgan fingerprint density at radius 3 is 2.62 bits per heavy atom. The van der Waals surface area contributed by atoms with E-state index in [1.807, 2.05) is 48.4 Å². The molecule has 13 nitrogen and oxygen atoms in total. The maximum atomic E-state index is 12.9. The van der Waals surface area contributed by atoms with Crippen molar-refractivity contribution < 1.29 is 19.7 Å². The van der Waals surface area contributed by atoms with Gasteiger partial charge in [-0.1, -0.05) is 37.3 Å². The lowest BCUT2D eigenvalue weighted by Gasteiger charge is -2.82. The minimum absolute atomic E-state index is 0.00144. The average Bonchev–Trinajstić information content (AvgIpc) is 3.91. The van der Waals surface area contributed by atoms with Crippen LogP contribution in [0.5, 0.6) is 0 Å². The van der Waals surface area contributed by atoms with Gasteiger partial charge in [-0.3, -0.25) is 4.68 Å². The number of thiazole rings is 1. The minimum atomic E-state index is -1.08. The first kappa shape index (κ1) is 37.7. The van der Waals surface area contributed by atoms with Crippen molar-refractivity contribution in [2.45, 2.75) is 97.6 Å². The third kappa shape index (κ3) is 5.43. The van der Waals surface area contributed by atoms with E-state index < -0.39 is 5.97 Å². The monoisotopic (exact) mass is 803 g/mol. The lowest BCUT2D eigenvalue weighted by atomic mass is 9.24. The van der Waals surface area contributed by atoms with Gasteiger partial charge in [0.2, 0.25) is 0 Å². The van der Waals surface area contributed by atoms with E-state index in [-0.39, 0.29) is 34.1 Å². The number of fused-ring (bicyclic) bond motifs is 3. The van der Waals surface area contributed by atoms with Crippen molar-refractivity contribution in [1.29, 1.82) is 0 Å². The second-order valence-electron chi connectivity index (χ2n) is 18.4. The predicted molar refractivity (Wildman–Crippen MR) is 224 cm³/mol. The van der Waals surface area contributed by atoms with Crippen LogP contribution in [0, 0.1) is 35.5 Å². The zero-order valence-corrected chi connectivity index (χ0v) is 34.7. The van der Waals surface area contributed by atoms with Crippen LogP contribution in [0.25, 0.3) is 21.3 Å². The Morgan fingerprint density at radius 2 is 1.81 bits per heavy atom. The number of hydrogen-bond donors (Lipinski definition) is 4. The molecule has 5 unspecified atom stereocenters. The summed E-state index contributed by atoms with van der Waals surface area (Å²) in [5.41, 5.74) is 6.09. The minimum Gasteiger partial charge on any atom is -0.476 e. The molecule has 1 aliphatic heterocycles. The number of unbranched alkanes of at least 4 members (excludes halogenated alkanes) is 1. The van der Waals surface area contributed by atoms with Gasteiger partial charge in [0.1, 0.15) is 5.82 Å². The van der Waals surface area contributed by atoms with Crippen LogP contribution in [0.2, 0.25) is 0 Å². The number of rotatable bonds is 15. The molecule has 0 amide bonds. The molecule has 1 aromatic carbocycles. The molecule has 14 heteroatoms. The van der Waals surface area contributed by atoms with E-state index in [0.717, 1.165) is 102 Å². The number of anilines is 4. The molecule has 5 aliphatic rings. The highest BCUT2D eigenvalue weighted by molar-refractivity contribution is 7.22. The molecule has 10 rings (SSSR count). The number of aromatic carboxylic acids is 1. The predicted octanol–water partition coefficient (Wildman–Crippen LogP) is 7.60. The Bertz CT molecular complexity index is 2420. The highest BCUT2D eigenvalue weighted by atomic mass is 32.1. The fraction of sp³-hybridized carbons (Fsp3) is 0.545. The van der Waals surface area contributed by atoms with E-state index in [1.54, 1.807) is 11.3 Å². The third-order valence-electron chi connectivity index (χ3n) is 14.9. The quantitative estimate of drug-likeness (QED) is 0.0768. The Hall–Kier alpha value is -4.50. The van der Waals surface area contributed by atoms with Crippen LogP contribution in [0.4, 0.5) is 22.6 Å². The van der Waals surface area contributed by atoms with Gasteiger partial charge in [0.25, 0.3) is 0 Å². The maximum absolute atomic E-state index is 12.9. The van der Waals surface area contributed by atoms with Gasteiger partial charge < -0.3 is 30.5 Å². The van der Waals surface area contributed by atoms with Gasteiger partial charge >= 0.3 is 5.97 Å². The van der Waals surface area contributed by atoms with E-state index in [9.17, 15) is 9.90 Å². The summed E-state index contributed by atoms with van der Waals surface area (Å²) in [6, 6.07) is 11.8. The molecule has 4 aromatic heterocycles. The number of ether oxygens (including phenoxy) is 1. The number of carboxylic acid groups (broad SMARTS) is 1. The molecule has 5 atom stereocenters. The van der Waals surface area contributed by atoms with Crippen molar-refractivity contribution in [2.24, 2.45) is 21.7 Å². The fourth-order valence-electron chi connectivity index (χ4n) is 13.3. The molecule has 5 aromatic rings. The third-order valence-corrected chi connectivity index (χ3v) is 15.9. The Labute approximate surface area is 342 Å². The van der Waals surface area contributed by atoms with Gasteiger partial charge in [-0.05, 0) is 119 Å². The second kappa shape index (κ2) is 13.5. The number of nitrogens with zero attached hydrogens (tertiary/aromatic N) is 7. The summed E-state index contributed by atoms with van der Waals surface area (Å²) in [6.07, 6.45) is 11.1. The molecule has 0 radical (unpaired) electrons. The number of aliphatic hydroxyl groups is 1. The van der Waals surface area contributed by atoms with Crippen molar-refractivity contribution in [3.8, 4) is 11.1 Å². The number of carbonyl (C=O) groups is 1. The van der Waals surface area contributed by atoms with Gasteiger partial charge in [0.05, 0.1) is 28.6 Å². The zero-order valence-electron chi connectivity index (χ0n) is 33.9. The lowest BCUT2D eigenvalue weighted by molar-refractivity contribution is -0.387. The molecule has 2 bridgehead atoms. The van der Waals surface area contributed by atoms with E-state index in [1.165, 1.54) is 12.8 Å². The molecule has 4 saturated carbocycles. The number of benzene rings is 1. The SMILES string of the molecule is Cc1c(Nc2nc3ccccc3s2)nnc2c1CCCN2c1ccc(-c2cnn(CC34CC5(C)CC6(C)CC(OCCNCCCCO)(C3)C56C4)c2C)c(C(=O)O)n1. The van der Waals surface area contributed by atoms with Gasteiger partial charge in [-0.15, -0.1) is 10.2 Å². The zero-order chi connectivity index (χ0) is 40.1. The van der Waals surface area contributed by atoms with E-state index in [0.29, 0.717) is 41.6 Å². The summed E-state index contributed by atoms with van der Waals surface area (Å²) in [5, 5.41) is 41.5. The van der Waals surface area contributed by atoms with Crippen LogP contribution < -0.4 is 15.5 Å². The van der Waals surface area contributed by atoms with Crippen molar-refractivity contribution in [3.63, 3.8) is 0 Å². The molecule has 304 valence electrons. The van der Waals surface area contributed by atoms with Gasteiger partial charge in [0, 0.05) is 59.6 Å². The van der Waals surface area contributed by atoms with E-state index >= 15 is 0 Å². The molecule has 4 N–H and O–H groups in total. The average molecular weight is 804 g/mol. The summed E-state index contributed by atoms with van der Waals surface area (Å²) >= 11 is 1.58. The number of nitrogens with one attached hydrogen (secondary N) is 2.